The lowest BCUT2D eigenvalue weighted by Gasteiger charge is -2.52. The van der Waals surface area contributed by atoms with Crippen LogP contribution in [0, 0.1) is 0 Å². The van der Waals surface area contributed by atoms with E-state index in [1.165, 1.54) is 0 Å². The van der Waals surface area contributed by atoms with Gasteiger partial charge in [-0.2, -0.15) is 0 Å². The molecule has 0 N–H and O–H groups in total. The average Bonchev–Trinajstić information content (AvgIpc) is 2.55. The van der Waals surface area contributed by atoms with Gasteiger partial charge in [0.15, 0.2) is 0 Å². The molecule has 3 heterocycles. The Morgan fingerprint density at radius 3 is 2.91 bits per heavy atom. The Hall–Kier alpha value is -1.85. The molecule has 1 unspecified atom stereocenters. The van der Waals surface area contributed by atoms with E-state index in [1.54, 1.807) is 13.4 Å². The second-order valence-electron chi connectivity index (χ2n) is 6.16. The molecular weight excluding hydrogens is 280 g/mol. The van der Waals surface area contributed by atoms with Crippen LogP contribution in [-0.2, 0) is 4.79 Å². The Balaban J connectivity index is 1.85. The topological polar surface area (TPSA) is 58.6 Å². The number of piperidine rings is 2. The van der Waals surface area contributed by atoms with E-state index in [0.717, 1.165) is 51.1 Å². The Kier molecular flexibility index (Phi) is 4.18. The molecule has 0 aromatic carbocycles. The van der Waals surface area contributed by atoms with Crippen molar-refractivity contribution in [3.05, 3.63) is 12.4 Å². The van der Waals surface area contributed by atoms with Crippen LogP contribution in [-0.4, -0.2) is 53.1 Å². The number of aromatic nitrogens is 2. The lowest BCUT2D eigenvalue weighted by molar-refractivity contribution is -0.142. The van der Waals surface area contributed by atoms with Crippen molar-refractivity contribution in [2.24, 2.45) is 0 Å². The van der Waals surface area contributed by atoms with E-state index < -0.39 is 0 Å². The molecule has 6 nitrogen and oxygen atoms in total. The van der Waals surface area contributed by atoms with E-state index in [0.29, 0.717) is 18.2 Å². The molecule has 0 radical (unpaired) electrons. The summed E-state index contributed by atoms with van der Waals surface area (Å²) in [7, 11) is 1.61. The highest BCUT2D eigenvalue weighted by Gasteiger charge is 2.44. The molecule has 2 saturated heterocycles. The van der Waals surface area contributed by atoms with Crippen LogP contribution in [0.25, 0.3) is 0 Å². The van der Waals surface area contributed by atoms with Gasteiger partial charge in [-0.25, -0.2) is 9.97 Å². The summed E-state index contributed by atoms with van der Waals surface area (Å²) >= 11 is 0. The third-order valence-electron chi connectivity index (χ3n) is 4.94. The molecule has 6 heteroatoms. The van der Waals surface area contributed by atoms with Crippen molar-refractivity contribution in [2.75, 3.05) is 31.6 Å². The number of hydrogen-bond donors (Lipinski definition) is 0. The number of likely N-dealkylation sites (N-methyl/N-ethyl adjacent to an activating group) is 1. The summed E-state index contributed by atoms with van der Waals surface area (Å²) in [5.41, 5.74) is -0.0273. The lowest BCUT2D eigenvalue weighted by atomic mass is 9.79. The standard InChI is InChI=1S/C16H24N4O2/c1-3-20-15(21)6-4-7-16(20)8-5-9-19(11-16)13-10-14(22-2)18-12-17-13/h10,12H,3-9,11H2,1-2H3. The maximum Gasteiger partial charge on any atom is 0.223 e. The third kappa shape index (κ3) is 2.62. The fourth-order valence-corrected chi connectivity index (χ4v) is 3.96. The summed E-state index contributed by atoms with van der Waals surface area (Å²) in [6, 6.07) is 1.87. The van der Waals surface area contributed by atoms with Gasteiger partial charge in [-0.3, -0.25) is 4.79 Å². The quantitative estimate of drug-likeness (QED) is 0.853. The summed E-state index contributed by atoms with van der Waals surface area (Å²) in [5.74, 6) is 1.77. The van der Waals surface area contributed by atoms with Crippen molar-refractivity contribution < 1.29 is 9.53 Å². The van der Waals surface area contributed by atoms with E-state index in [1.807, 2.05) is 6.07 Å². The molecule has 1 spiro atoms. The first-order chi connectivity index (χ1) is 10.7. The molecule has 0 saturated carbocycles. The maximum absolute atomic E-state index is 12.3. The minimum Gasteiger partial charge on any atom is -0.481 e. The third-order valence-corrected chi connectivity index (χ3v) is 4.94. The van der Waals surface area contributed by atoms with Crippen LogP contribution >= 0.6 is 0 Å². The number of methoxy groups -OCH3 is 1. The Bertz CT molecular complexity index is 547. The first-order valence-corrected chi connectivity index (χ1v) is 8.10. The van der Waals surface area contributed by atoms with Crippen LogP contribution < -0.4 is 9.64 Å². The van der Waals surface area contributed by atoms with Crippen molar-refractivity contribution >= 4 is 11.7 Å². The summed E-state index contributed by atoms with van der Waals surface area (Å²) in [4.78, 5) is 25.1. The highest BCUT2D eigenvalue weighted by molar-refractivity contribution is 5.78. The van der Waals surface area contributed by atoms with Gasteiger partial charge in [-0.05, 0) is 32.6 Å². The molecule has 2 aliphatic rings. The predicted molar refractivity (Wildman–Crippen MR) is 84.0 cm³/mol. The second-order valence-corrected chi connectivity index (χ2v) is 6.16. The van der Waals surface area contributed by atoms with Crippen LogP contribution in [0.3, 0.4) is 0 Å². The lowest BCUT2D eigenvalue weighted by Crippen LogP contribution is -2.62. The van der Waals surface area contributed by atoms with Crippen LogP contribution in [0.15, 0.2) is 12.4 Å². The highest BCUT2D eigenvalue weighted by Crippen LogP contribution is 2.37. The number of nitrogens with zero attached hydrogens (tertiary/aromatic N) is 4. The number of rotatable bonds is 3. The van der Waals surface area contributed by atoms with Gasteiger partial charge in [0, 0.05) is 32.1 Å². The molecule has 1 aromatic rings. The molecular formula is C16H24N4O2. The van der Waals surface area contributed by atoms with Gasteiger partial charge in [-0.1, -0.05) is 0 Å². The van der Waals surface area contributed by atoms with E-state index in [9.17, 15) is 4.79 Å². The number of ether oxygens (including phenoxy) is 1. The largest absolute Gasteiger partial charge is 0.481 e. The first kappa shape index (κ1) is 15.1. The average molecular weight is 304 g/mol. The van der Waals surface area contributed by atoms with Crippen LogP contribution in [0.1, 0.15) is 39.0 Å². The minimum atomic E-state index is -0.0273. The van der Waals surface area contributed by atoms with E-state index in [-0.39, 0.29) is 5.54 Å². The molecule has 22 heavy (non-hydrogen) atoms. The smallest absolute Gasteiger partial charge is 0.223 e. The summed E-state index contributed by atoms with van der Waals surface area (Å²) in [5, 5.41) is 0. The fourth-order valence-electron chi connectivity index (χ4n) is 3.96. The monoisotopic (exact) mass is 304 g/mol. The van der Waals surface area contributed by atoms with Crippen LogP contribution in [0.2, 0.25) is 0 Å². The SMILES string of the molecule is CCN1C(=O)CCCC12CCCN(c1cc(OC)ncn1)C2. The van der Waals surface area contributed by atoms with Crippen molar-refractivity contribution in [3.63, 3.8) is 0 Å². The maximum atomic E-state index is 12.3. The number of likely N-dealkylation sites (tertiary alicyclic amines) is 1. The highest BCUT2D eigenvalue weighted by atomic mass is 16.5. The summed E-state index contributed by atoms with van der Waals surface area (Å²) < 4.78 is 5.20. The van der Waals surface area contributed by atoms with Gasteiger partial charge in [0.25, 0.3) is 0 Å². The van der Waals surface area contributed by atoms with Crippen molar-refractivity contribution in [3.8, 4) is 5.88 Å². The van der Waals surface area contributed by atoms with Gasteiger partial charge in [0.05, 0.1) is 12.6 Å². The number of carbonyl (C=O) groups is 1. The predicted octanol–water partition coefficient (Wildman–Crippen LogP) is 1.86. The molecule has 1 aromatic heterocycles. The molecule has 0 aliphatic carbocycles. The van der Waals surface area contributed by atoms with Crippen LogP contribution in [0.4, 0.5) is 5.82 Å². The van der Waals surface area contributed by atoms with E-state index in [4.69, 9.17) is 4.74 Å². The zero-order valence-corrected chi connectivity index (χ0v) is 13.4. The molecule has 3 rings (SSSR count). The number of carbonyl (C=O) groups excluding carboxylic acids is 1. The number of hydrogen-bond acceptors (Lipinski definition) is 5. The minimum absolute atomic E-state index is 0.0273. The van der Waals surface area contributed by atoms with Gasteiger partial charge in [0.1, 0.15) is 12.1 Å². The van der Waals surface area contributed by atoms with Crippen molar-refractivity contribution in [2.45, 2.75) is 44.6 Å². The zero-order valence-electron chi connectivity index (χ0n) is 13.4. The Morgan fingerprint density at radius 2 is 2.14 bits per heavy atom. The Labute approximate surface area is 131 Å². The zero-order chi connectivity index (χ0) is 15.6. The molecule has 0 bridgehead atoms. The summed E-state index contributed by atoms with van der Waals surface area (Å²) in [6.45, 7) is 4.69. The molecule has 1 atom stereocenters. The Morgan fingerprint density at radius 1 is 1.32 bits per heavy atom. The van der Waals surface area contributed by atoms with Gasteiger partial charge >= 0.3 is 0 Å². The summed E-state index contributed by atoms with van der Waals surface area (Å²) in [6.07, 6.45) is 6.49. The van der Waals surface area contributed by atoms with E-state index >= 15 is 0 Å². The van der Waals surface area contributed by atoms with E-state index in [2.05, 4.69) is 26.7 Å². The van der Waals surface area contributed by atoms with Crippen molar-refractivity contribution in [1.82, 2.24) is 14.9 Å². The van der Waals surface area contributed by atoms with Gasteiger partial charge in [0.2, 0.25) is 11.8 Å². The normalized spacial score (nSPS) is 25.6. The number of amides is 1. The van der Waals surface area contributed by atoms with Crippen molar-refractivity contribution in [1.29, 1.82) is 0 Å². The molecule has 120 valence electrons. The first-order valence-electron chi connectivity index (χ1n) is 8.10. The molecule has 2 aliphatic heterocycles. The molecule has 1 amide bonds. The van der Waals surface area contributed by atoms with Gasteiger partial charge < -0.3 is 14.5 Å². The second kappa shape index (κ2) is 6.10. The number of anilines is 1. The fraction of sp³-hybridized carbons (Fsp3) is 0.688. The van der Waals surface area contributed by atoms with Crippen LogP contribution in [0.5, 0.6) is 5.88 Å². The van der Waals surface area contributed by atoms with Gasteiger partial charge in [-0.15, -0.1) is 0 Å². The molecule has 2 fully saturated rings.